The molecule has 0 unspecified atom stereocenters. The van der Waals surface area contributed by atoms with Crippen molar-refractivity contribution in [2.75, 3.05) is 0 Å². The normalized spacial score (nSPS) is 12.4. The zero-order valence-corrected chi connectivity index (χ0v) is 9.64. The third kappa shape index (κ3) is 2.12. The summed E-state index contributed by atoms with van der Waals surface area (Å²) in [6.07, 6.45) is 1.87. The molecule has 0 bridgehead atoms. The van der Waals surface area contributed by atoms with Gasteiger partial charge in [0.1, 0.15) is 0 Å². The first-order valence-corrected chi connectivity index (χ1v) is 5.42. The molecule has 1 aromatic carbocycles. The zero-order valence-electron chi connectivity index (χ0n) is 9.64. The van der Waals surface area contributed by atoms with Crippen LogP contribution in [0.4, 0.5) is 0 Å². The SMILES string of the molecule is Cc1cnc([C@@H](N)c2ccccc2)c(C)c1. The molecule has 2 heteroatoms. The van der Waals surface area contributed by atoms with E-state index in [2.05, 4.69) is 18.0 Å². The van der Waals surface area contributed by atoms with E-state index in [1.165, 1.54) is 5.56 Å². The lowest BCUT2D eigenvalue weighted by atomic mass is 10.0. The summed E-state index contributed by atoms with van der Waals surface area (Å²) < 4.78 is 0. The lowest BCUT2D eigenvalue weighted by molar-refractivity contribution is 0.816. The second-order valence-corrected chi connectivity index (χ2v) is 4.10. The van der Waals surface area contributed by atoms with Crippen LogP contribution < -0.4 is 5.73 Å². The van der Waals surface area contributed by atoms with Crippen LogP contribution in [0.5, 0.6) is 0 Å². The fourth-order valence-electron chi connectivity index (χ4n) is 1.87. The van der Waals surface area contributed by atoms with E-state index in [1.807, 2.05) is 43.5 Å². The molecule has 1 aromatic heterocycles. The van der Waals surface area contributed by atoms with Gasteiger partial charge in [0.25, 0.3) is 0 Å². The number of aromatic nitrogens is 1. The number of nitrogens with zero attached hydrogens (tertiary/aromatic N) is 1. The highest BCUT2D eigenvalue weighted by Gasteiger charge is 2.12. The van der Waals surface area contributed by atoms with Gasteiger partial charge in [-0.1, -0.05) is 36.4 Å². The minimum Gasteiger partial charge on any atom is -0.319 e. The third-order valence-corrected chi connectivity index (χ3v) is 2.71. The Bertz CT molecular complexity index is 477. The fourth-order valence-corrected chi connectivity index (χ4v) is 1.87. The van der Waals surface area contributed by atoms with Crippen LogP contribution in [0.2, 0.25) is 0 Å². The van der Waals surface area contributed by atoms with Gasteiger partial charge in [-0.3, -0.25) is 4.98 Å². The highest BCUT2D eigenvalue weighted by molar-refractivity contribution is 5.33. The molecule has 16 heavy (non-hydrogen) atoms. The average Bonchev–Trinajstić information content (AvgIpc) is 2.29. The van der Waals surface area contributed by atoms with Crippen molar-refractivity contribution >= 4 is 0 Å². The minimum atomic E-state index is -0.137. The van der Waals surface area contributed by atoms with Crippen molar-refractivity contribution in [1.82, 2.24) is 4.98 Å². The molecule has 2 aromatic rings. The highest BCUT2D eigenvalue weighted by Crippen LogP contribution is 2.20. The number of benzene rings is 1. The number of hydrogen-bond donors (Lipinski definition) is 1. The molecule has 0 saturated heterocycles. The van der Waals surface area contributed by atoms with E-state index in [0.717, 1.165) is 16.8 Å². The van der Waals surface area contributed by atoms with Gasteiger partial charge in [-0.2, -0.15) is 0 Å². The van der Waals surface area contributed by atoms with E-state index < -0.39 is 0 Å². The van der Waals surface area contributed by atoms with Crippen LogP contribution in [0.1, 0.15) is 28.4 Å². The van der Waals surface area contributed by atoms with Crippen LogP contribution in [-0.4, -0.2) is 4.98 Å². The van der Waals surface area contributed by atoms with Crippen LogP contribution in [0, 0.1) is 13.8 Å². The molecule has 0 radical (unpaired) electrons. The third-order valence-electron chi connectivity index (χ3n) is 2.71. The van der Waals surface area contributed by atoms with E-state index >= 15 is 0 Å². The van der Waals surface area contributed by atoms with E-state index in [0.29, 0.717) is 0 Å². The molecule has 82 valence electrons. The maximum Gasteiger partial charge on any atom is 0.0729 e. The van der Waals surface area contributed by atoms with E-state index in [4.69, 9.17) is 5.73 Å². The Balaban J connectivity index is 2.38. The van der Waals surface area contributed by atoms with Crippen molar-refractivity contribution in [3.8, 4) is 0 Å². The molecule has 0 amide bonds. The quantitative estimate of drug-likeness (QED) is 0.831. The van der Waals surface area contributed by atoms with Crippen LogP contribution in [0.25, 0.3) is 0 Å². The van der Waals surface area contributed by atoms with Crippen molar-refractivity contribution in [3.05, 3.63) is 65.0 Å². The average molecular weight is 212 g/mol. The van der Waals surface area contributed by atoms with Crippen molar-refractivity contribution < 1.29 is 0 Å². The first-order chi connectivity index (χ1) is 7.68. The summed E-state index contributed by atoms with van der Waals surface area (Å²) in [4.78, 5) is 4.43. The summed E-state index contributed by atoms with van der Waals surface area (Å²) in [6, 6.07) is 12.0. The number of pyridine rings is 1. The van der Waals surface area contributed by atoms with Crippen LogP contribution >= 0.6 is 0 Å². The van der Waals surface area contributed by atoms with Gasteiger partial charge in [0.05, 0.1) is 11.7 Å². The molecule has 2 nitrogen and oxygen atoms in total. The molecular weight excluding hydrogens is 196 g/mol. The number of hydrogen-bond acceptors (Lipinski definition) is 2. The Hall–Kier alpha value is -1.67. The Kier molecular flexibility index (Phi) is 3.02. The lowest BCUT2D eigenvalue weighted by Gasteiger charge is -2.14. The Labute approximate surface area is 96.1 Å². The van der Waals surface area contributed by atoms with Crippen LogP contribution in [0.15, 0.2) is 42.6 Å². The van der Waals surface area contributed by atoms with Gasteiger partial charge in [0.15, 0.2) is 0 Å². The Morgan fingerprint density at radius 3 is 2.44 bits per heavy atom. The highest BCUT2D eigenvalue weighted by atomic mass is 14.8. The largest absolute Gasteiger partial charge is 0.319 e. The summed E-state index contributed by atoms with van der Waals surface area (Å²) in [5, 5.41) is 0. The molecule has 0 saturated carbocycles. The van der Waals surface area contributed by atoms with E-state index in [1.54, 1.807) is 0 Å². The molecule has 1 atom stereocenters. The molecule has 0 aliphatic heterocycles. The number of nitrogens with two attached hydrogens (primary N) is 1. The second kappa shape index (κ2) is 4.45. The zero-order chi connectivity index (χ0) is 11.5. The predicted molar refractivity (Wildman–Crippen MR) is 66.2 cm³/mol. The molecule has 0 aliphatic carbocycles. The molecule has 0 fully saturated rings. The topological polar surface area (TPSA) is 38.9 Å². The van der Waals surface area contributed by atoms with Crippen molar-refractivity contribution in [1.29, 1.82) is 0 Å². The van der Waals surface area contributed by atoms with Crippen LogP contribution in [0.3, 0.4) is 0 Å². The summed E-state index contributed by atoms with van der Waals surface area (Å²) in [5.74, 6) is 0. The molecule has 2 rings (SSSR count). The van der Waals surface area contributed by atoms with Crippen molar-refractivity contribution in [2.24, 2.45) is 5.73 Å². The summed E-state index contributed by atoms with van der Waals surface area (Å²) in [5.41, 5.74) is 10.6. The van der Waals surface area contributed by atoms with Gasteiger partial charge in [-0.25, -0.2) is 0 Å². The molecule has 2 N–H and O–H groups in total. The Morgan fingerprint density at radius 2 is 1.81 bits per heavy atom. The standard InChI is InChI=1S/C14H16N2/c1-10-8-11(2)14(16-9-10)13(15)12-6-4-3-5-7-12/h3-9,13H,15H2,1-2H3/t13-/m0/s1. The smallest absolute Gasteiger partial charge is 0.0729 e. The van der Waals surface area contributed by atoms with Gasteiger partial charge in [-0.05, 0) is 30.5 Å². The van der Waals surface area contributed by atoms with Crippen molar-refractivity contribution in [3.63, 3.8) is 0 Å². The molecule has 1 heterocycles. The summed E-state index contributed by atoms with van der Waals surface area (Å²) >= 11 is 0. The number of aryl methyl sites for hydroxylation is 2. The molecular formula is C14H16N2. The van der Waals surface area contributed by atoms with Crippen molar-refractivity contribution in [2.45, 2.75) is 19.9 Å². The fraction of sp³-hybridized carbons (Fsp3) is 0.214. The first kappa shape index (κ1) is 10.8. The summed E-state index contributed by atoms with van der Waals surface area (Å²) in [7, 11) is 0. The first-order valence-electron chi connectivity index (χ1n) is 5.42. The van der Waals surface area contributed by atoms with Gasteiger partial charge in [0.2, 0.25) is 0 Å². The maximum atomic E-state index is 6.20. The molecule has 0 spiro atoms. The van der Waals surface area contributed by atoms with Gasteiger partial charge >= 0.3 is 0 Å². The maximum absolute atomic E-state index is 6.20. The number of rotatable bonds is 2. The second-order valence-electron chi connectivity index (χ2n) is 4.10. The van der Waals surface area contributed by atoms with Gasteiger partial charge in [0, 0.05) is 6.20 Å². The van der Waals surface area contributed by atoms with Crippen LogP contribution in [-0.2, 0) is 0 Å². The van der Waals surface area contributed by atoms with Gasteiger partial charge in [-0.15, -0.1) is 0 Å². The predicted octanol–water partition coefficient (Wildman–Crippen LogP) is 2.75. The monoisotopic (exact) mass is 212 g/mol. The minimum absolute atomic E-state index is 0.137. The summed E-state index contributed by atoms with van der Waals surface area (Å²) in [6.45, 7) is 4.09. The van der Waals surface area contributed by atoms with E-state index in [9.17, 15) is 0 Å². The van der Waals surface area contributed by atoms with Gasteiger partial charge < -0.3 is 5.73 Å². The lowest BCUT2D eigenvalue weighted by Crippen LogP contribution is -2.15. The molecule has 0 aliphatic rings. The van der Waals surface area contributed by atoms with E-state index in [-0.39, 0.29) is 6.04 Å². The Morgan fingerprint density at radius 1 is 1.12 bits per heavy atom.